The number of aryl methyl sites for hydroxylation is 1. The maximum absolute atomic E-state index is 5.37. The number of rotatable bonds is 5. The molecule has 13 heavy (non-hydrogen) atoms. The van der Waals surface area contributed by atoms with Crippen molar-refractivity contribution in [2.45, 2.75) is 12.8 Å². The Morgan fingerprint density at radius 3 is 2.62 bits per heavy atom. The van der Waals surface area contributed by atoms with E-state index in [0.717, 1.165) is 19.4 Å². The number of nitrogens with two attached hydrogens (primary N) is 1. The van der Waals surface area contributed by atoms with Crippen molar-refractivity contribution in [3.63, 3.8) is 0 Å². The zero-order valence-electron chi connectivity index (χ0n) is 7.79. The molecule has 0 aliphatic rings. The predicted molar refractivity (Wildman–Crippen MR) is 56.1 cm³/mol. The molecule has 3 N–H and O–H groups in total. The smallest absolute Gasteiger partial charge is 0.0885 e. The SMILES string of the molecule is C=C(N)NCCCc1ccccc1. The Balaban J connectivity index is 2.17. The topological polar surface area (TPSA) is 38.0 Å². The van der Waals surface area contributed by atoms with Gasteiger partial charge in [-0.15, -0.1) is 0 Å². The summed E-state index contributed by atoms with van der Waals surface area (Å²) < 4.78 is 0. The summed E-state index contributed by atoms with van der Waals surface area (Å²) in [7, 11) is 0. The molecule has 1 aromatic carbocycles. The standard InChI is InChI=1S/C11H16N2/c1-10(12)13-9-5-8-11-6-3-2-4-7-11/h2-4,6-7,13H,1,5,8-9,12H2. The van der Waals surface area contributed by atoms with Crippen molar-refractivity contribution in [3.05, 3.63) is 48.3 Å². The number of nitrogens with one attached hydrogen (secondary N) is 1. The molecule has 0 spiro atoms. The second kappa shape index (κ2) is 5.25. The van der Waals surface area contributed by atoms with Crippen LogP contribution in [0.15, 0.2) is 42.7 Å². The zero-order chi connectivity index (χ0) is 9.52. The van der Waals surface area contributed by atoms with Crippen LogP contribution >= 0.6 is 0 Å². The van der Waals surface area contributed by atoms with Crippen molar-refractivity contribution >= 4 is 0 Å². The molecular formula is C11H16N2. The van der Waals surface area contributed by atoms with E-state index in [1.54, 1.807) is 0 Å². The first-order chi connectivity index (χ1) is 6.29. The van der Waals surface area contributed by atoms with Gasteiger partial charge < -0.3 is 11.1 Å². The molecule has 2 heteroatoms. The third kappa shape index (κ3) is 4.21. The second-order valence-electron chi connectivity index (χ2n) is 3.04. The fraction of sp³-hybridized carbons (Fsp3) is 0.273. The summed E-state index contributed by atoms with van der Waals surface area (Å²) in [4.78, 5) is 0. The van der Waals surface area contributed by atoms with Gasteiger partial charge in [-0.3, -0.25) is 0 Å². The van der Waals surface area contributed by atoms with Crippen molar-refractivity contribution in [1.82, 2.24) is 5.32 Å². The minimum absolute atomic E-state index is 0.549. The highest BCUT2D eigenvalue weighted by Gasteiger charge is 1.91. The molecule has 0 aromatic heterocycles. The van der Waals surface area contributed by atoms with E-state index in [1.807, 2.05) is 6.07 Å². The monoisotopic (exact) mass is 176 g/mol. The van der Waals surface area contributed by atoms with Gasteiger partial charge in [-0.05, 0) is 18.4 Å². The molecule has 1 rings (SSSR count). The molecule has 0 amide bonds. The summed E-state index contributed by atoms with van der Waals surface area (Å²) in [5.41, 5.74) is 6.73. The van der Waals surface area contributed by atoms with Gasteiger partial charge in [0.05, 0.1) is 5.82 Å². The first kappa shape index (κ1) is 9.65. The van der Waals surface area contributed by atoms with E-state index in [-0.39, 0.29) is 0 Å². The van der Waals surface area contributed by atoms with Crippen LogP contribution < -0.4 is 11.1 Å². The fourth-order valence-corrected chi connectivity index (χ4v) is 1.19. The van der Waals surface area contributed by atoms with Crippen LogP contribution in [-0.2, 0) is 6.42 Å². The van der Waals surface area contributed by atoms with Gasteiger partial charge in [0.2, 0.25) is 0 Å². The molecule has 2 nitrogen and oxygen atoms in total. The van der Waals surface area contributed by atoms with Crippen LogP contribution in [0, 0.1) is 0 Å². The third-order valence-electron chi connectivity index (χ3n) is 1.84. The Bertz CT molecular complexity index is 254. The summed E-state index contributed by atoms with van der Waals surface area (Å²) >= 11 is 0. The summed E-state index contributed by atoms with van der Waals surface area (Å²) in [6, 6.07) is 10.4. The molecule has 0 bridgehead atoms. The molecule has 0 aliphatic carbocycles. The Morgan fingerprint density at radius 2 is 2.00 bits per heavy atom. The maximum Gasteiger partial charge on any atom is 0.0885 e. The van der Waals surface area contributed by atoms with Crippen LogP contribution in [0.25, 0.3) is 0 Å². The lowest BCUT2D eigenvalue weighted by atomic mass is 10.1. The zero-order valence-corrected chi connectivity index (χ0v) is 7.79. The quantitative estimate of drug-likeness (QED) is 0.669. The van der Waals surface area contributed by atoms with E-state index in [2.05, 4.69) is 36.2 Å². The van der Waals surface area contributed by atoms with Crippen molar-refractivity contribution in [1.29, 1.82) is 0 Å². The molecule has 0 fully saturated rings. The lowest BCUT2D eigenvalue weighted by Gasteiger charge is -2.04. The molecule has 0 unspecified atom stereocenters. The normalized spacial score (nSPS) is 9.54. The minimum Gasteiger partial charge on any atom is -0.386 e. The van der Waals surface area contributed by atoms with Crippen molar-refractivity contribution in [2.24, 2.45) is 5.73 Å². The summed E-state index contributed by atoms with van der Waals surface area (Å²) in [6.45, 7) is 4.46. The highest BCUT2D eigenvalue weighted by Crippen LogP contribution is 2.01. The van der Waals surface area contributed by atoms with Gasteiger partial charge in [0.15, 0.2) is 0 Å². The maximum atomic E-state index is 5.37. The third-order valence-corrected chi connectivity index (χ3v) is 1.84. The average Bonchev–Trinajstić information content (AvgIpc) is 2.14. The van der Waals surface area contributed by atoms with E-state index in [9.17, 15) is 0 Å². The molecule has 0 saturated heterocycles. The highest BCUT2D eigenvalue weighted by atomic mass is 15.0. The fourth-order valence-electron chi connectivity index (χ4n) is 1.19. The highest BCUT2D eigenvalue weighted by molar-refractivity contribution is 5.14. The van der Waals surface area contributed by atoms with Gasteiger partial charge in [-0.1, -0.05) is 36.9 Å². The predicted octanol–water partition coefficient (Wildman–Crippen LogP) is 1.64. The Hall–Kier alpha value is -1.44. The molecular weight excluding hydrogens is 160 g/mol. The lowest BCUT2D eigenvalue weighted by Crippen LogP contribution is -2.20. The van der Waals surface area contributed by atoms with Gasteiger partial charge >= 0.3 is 0 Å². The van der Waals surface area contributed by atoms with Crippen molar-refractivity contribution in [2.75, 3.05) is 6.54 Å². The Morgan fingerprint density at radius 1 is 1.31 bits per heavy atom. The van der Waals surface area contributed by atoms with Crippen LogP contribution in [0.1, 0.15) is 12.0 Å². The Kier molecular flexibility index (Phi) is 3.89. The lowest BCUT2D eigenvalue weighted by molar-refractivity contribution is 0.720. The molecule has 1 aromatic rings. The summed E-state index contributed by atoms with van der Waals surface area (Å²) in [6.07, 6.45) is 2.17. The molecule has 0 saturated carbocycles. The van der Waals surface area contributed by atoms with E-state index < -0.39 is 0 Å². The van der Waals surface area contributed by atoms with Gasteiger partial charge in [0, 0.05) is 6.54 Å². The van der Waals surface area contributed by atoms with Gasteiger partial charge in [0.25, 0.3) is 0 Å². The number of hydrogen-bond donors (Lipinski definition) is 2. The van der Waals surface area contributed by atoms with E-state index in [0.29, 0.717) is 5.82 Å². The first-order valence-electron chi connectivity index (χ1n) is 4.51. The van der Waals surface area contributed by atoms with Crippen molar-refractivity contribution in [3.8, 4) is 0 Å². The second-order valence-corrected chi connectivity index (χ2v) is 3.04. The molecule has 70 valence electrons. The van der Waals surface area contributed by atoms with Crippen LogP contribution in [0.5, 0.6) is 0 Å². The van der Waals surface area contributed by atoms with E-state index >= 15 is 0 Å². The van der Waals surface area contributed by atoms with Crippen LogP contribution in [-0.4, -0.2) is 6.54 Å². The largest absolute Gasteiger partial charge is 0.386 e. The summed E-state index contributed by atoms with van der Waals surface area (Å²) in [5, 5.41) is 3.00. The molecule has 0 atom stereocenters. The van der Waals surface area contributed by atoms with Gasteiger partial charge in [-0.25, -0.2) is 0 Å². The minimum atomic E-state index is 0.549. The van der Waals surface area contributed by atoms with Crippen molar-refractivity contribution < 1.29 is 0 Å². The average molecular weight is 176 g/mol. The number of hydrogen-bond acceptors (Lipinski definition) is 2. The van der Waals surface area contributed by atoms with E-state index in [4.69, 9.17) is 5.73 Å². The van der Waals surface area contributed by atoms with Crippen LogP contribution in [0.4, 0.5) is 0 Å². The number of benzene rings is 1. The van der Waals surface area contributed by atoms with Crippen LogP contribution in [0.2, 0.25) is 0 Å². The van der Waals surface area contributed by atoms with Gasteiger partial charge in [-0.2, -0.15) is 0 Å². The summed E-state index contributed by atoms with van der Waals surface area (Å²) in [5.74, 6) is 0.549. The van der Waals surface area contributed by atoms with Gasteiger partial charge in [0.1, 0.15) is 0 Å². The van der Waals surface area contributed by atoms with Crippen LogP contribution in [0.3, 0.4) is 0 Å². The molecule has 0 radical (unpaired) electrons. The first-order valence-corrected chi connectivity index (χ1v) is 4.51. The molecule has 0 heterocycles. The Labute approximate surface area is 79.5 Å². The van der Waals surface area contributed by atoms with E-state index in [1.165, 1.54) is 5.56 Å². The molecule has 0 aliphatic heterocycles.